The summed E-state index contributed by atoms with van der Waals surface area (Å²) in [5, 5.41) is 9.01. The number of ether oxygens (including phenoxy) is 1. The van der Waals surface area contributed by atoms with Crippen LogP contribution in [-0.4, -0.2) is 41.8 Å². The second-order valence-corrected chi connectivity index (χ2v) is 5.01. The summed E-state index contributed by atoms with van der Waals surface area (Å²) in [4.78, 5) is 13.0. The number of benzene rings is 1. The van der Waals surface area contributed by atoms with Gasteiger partial charge in [-0.15, -0.1) is 0 Å². The van der Waals surface area contributed by atoms with Gasteiger partial charge in [-0.2, -0.15) is 0 Å². The lowest BCUT2D eigenvalue weighted by atomic mass is 9.98. The van der Waals surface area contributed by atoms with Crippen LogP contribution in [-0.2, 0) is 9.53 Å². The third kappa shape index (κ3) is 3.35. The zero-order valence-electron chi connectivity index (χ0n) is 11.6. The number of carboxylic acid groups (broad SMARTS) is 1. The van der Waals surface area contributed by atoms with Crippen molar-refractivity contribution in [2.45, 2.75) is 31.8 Å². The minimum absolute atomic E-state index is 0.0188. The number of hydrogen-bond acceptors (Lipinski definition) is 3. The monoisotopic (exact) mass is 281 g/mol. The first-order valence-electron chi connectivity index (χ1n) is 6.93. The molecule has 2 rings (SSSR count). The summed E-state index contributed by atoms with van der Waals surface area (Å²) in [5.74, 6) is -1.09. The van der Waals surface area contributed by atoms with Crippen molar-refractivity contribution in [3.8, 4) is 0 Å². The van der Waals surface area contributed by atoms with Gasteiger partial charge < -0.3 is 9.84 Å². The SMILES string of the molecule is CCC(c1ccccc1F)N1CCOCC1CC(=O)O. The first-order chi connectivity index (χ1) is 9.63. The lowest BCUT2D eigenvalue weighted by Crippen LogP contribution is -2.48. The molecule has 1 aliphatic heterocycles. The van der Waals surface area contributed by atoms with E-state index in [0.717, 1.165) is 6.42 Å². The van der Waals surface area contributed by atoms with E-state index in [4.69, 9.17) is 9.84 Å². The highest BCUT2D eigenvalue weighted by Crippen LogP contribution is 2.30. The molecule has 20 heavy (non-hydrogen) atoms. The minimum Gasteiger partial charge on any atom is -0.481 e. The van der Waals surface area contributed by atoms with Crippen LogP contribution in [0.1, 0.15) is 31.4 Å². The van der Waals surface area contributed by atoms with E-state index in [9.17, 15) is 9.18 Å². The van der Waals surface area contributed by atoms with Crippen LogP contribution in [0.4, 0.5) is 4.39 Å². The highest BCUT2D eigenvalue weighted by atomic mass is 19.1. The summed E-state index contributed by atoms with van der Waals surface area (Å²) in [6, 6.07) is 6.39. The van der Waals surface area contributed by atoms with Gasteiger partial charge >= 0.3 is 5.97 Å². The molecular formula is C15H20FNO3. The number of halogens is 1. The van der Waals surface area contributed by atoms with Crippen molar-refractivity contribution in [3.05, 3.63) is 35.6 Å². The lowest BCUT2D eigenvalue weighted by molar-refractivity contribution is -0.141. The number of morpholine rings is 1. The van der Waals surface area contributed by atoms with Crippen LogP contribution in [0.2, 0.25) is 0 Å². The third-order valence-corrected chi connectivity index (χ3v) is 3.73. The summed E-state index contributed by atoms with van der Waals surface area (Å²) in [6.07, 6.45) is 0.752. The van der Waals surface area contributed by atoms with Gasteiger partial charge in [-0.3, -0.25) is 9.69 Å². The van der Waals surface area contributed by atoms with Gasteiger partial charge in [0.25, 0.3) is 0 Å². The molecule has 0 radical (unpaired) electrons. The topological polar surface area (TPSA) is 49.8 Å². The Morgan fingerprint density at radius 2 is 2.30 bits per heavy atom. The number of carboxylic acids is 1. The second-order valence-electron chi connectivity index (χ2n) is 5.01. The highest BCUT2D eigenvalue weighted by Gasteiger charge is 2.31. The summed E-state index contributed by atoms with van der Waals surface area (Å²) >= 11 is 0. The molecule has 2 unspecified atom stereocenters. The number of aliphatic carboxylic acids is 1. The maximum Gasteiger partial charge on any atom is 0.305 e. The summed E-state index contributed by atoms with van der Waals surface area (Å²) < 4.78 is 19.4. The smallest absolute Gasteiger partial charge is 0.305 e. The Kier molecular flexibility index (Phi) is 5.09. The Bertz CT molecular complexity index is 466. The van der Waals surface area contributed by atoms with Crippen molar-refractivity contribution in [1.29, 1.82) is 0 Å². The summed E-state index contributed by atoms with van der Waals surface area (Å²) in [6.45, 7) is 3.56. The van der Waals surface area contributed by atoms with Gasteiger partial charge in [-0.05, 0) is 12.5 Å². The maximum atomic E-state index is 14.0. The molecule has 1 aromatic rings. The molecule has 2 atom stereocenters. The van der Waals surface area contributed by atoms with E-state index in [1.165, 1.54) is 6.07 Å². The number of hydrogen-bond donors (Lipinski definition) is 1. The average molecular weight is 281 g/mol. The molecule has 0 aromatic heterocycles. The molecule has 0 aliphatic carbocycles. The molecule has 1 aliphatic rings. The summed E-state index contributed by atoms with van der Waals surface area (Å²) in [7, 11) is 0. The number of nitrogens with zero attached hydrogens (tertiary/aromatic N) is 1. The van der Waals surface area contributed by atoms with Crippen molar-refractivity contribution in [2.75, 3.05) is 19.8 Å². The average Bonchev–Trinajstić information content (AvgIpc) is 2.43. The van der Waals surface area contributed by atoms with Gasteiger partial charge in [0.1, 0.15) is 5.82 Å². The molecule has 0 bridgehead atoms. The lowest BCUT2D eigenvalue weighted by Gasteiger charge is -2.40. The zero-order chi connectivity index (χ0) is 14.5. The van der Waals surface area contributed by atoms with Gasteiger partial charge in [-0.25, -0.2) is 4.39 Å². The third-order valence-electron chi connectivity index (χ3n) is 3.73. The Balaban J connectivity index is 2.24. The zero-order valence-corrected chi connectivity index (χ0v) is 11.6. The van der Waals surface area contributed by atoms with Crippen molar-refractivity contribution in [1.82, 2.24) is 4.90 Å². The normalized spacial score (nSPS) is 21.6. The van der Waals surface area contributed by atoms with Crippen LogP contribution >= 0.6 is 0 Å². The molecule has 1 saturated heterocycles. The van der Waals surface area contributed by atoms with E-state index < -0.39 is 5.97 Å². The quantitative estimate of drug-likeness (QED) is 0.900. The molecule has 4 nitrogen and oxygen atoms in total. The molecule has 1 fully saturated rings. The molecule has 1 aromatic carbocycles. The Hall–Kier alpha value is -1.46. The van der Waals surface area contributed by atoms with E-state index in [0.29, 0.717) is 25.3 Å². The minimum atomic E-state index is -0.853. The van der Waals surface area contributed by atoms with E-state index in [2.05, 4.69) is 4.90 Å². The number of carbonyl (C=O) groups is 1. The van der Waals surface area contributed by atoms with E-state index >= 15 is 0 Å². The Labute approximate surface area is 118 Å². The molecule has 0 spiro atoms. The molecule has 110 valence electrons. The standard InChI is InChI=1S/C15H20FNO3/c1-2-14(12-5-3-4-6-13(12)16)17-7-8-20-10-11(17)9-15(18)19/h3-6,11,14H,2,7-10H2,1H3,(H,18,19). The first-order valence-corrected chi connectivity index (χ1v) is 6.93. The van der Waals surface area contributed by atoms with Gasteiger partial charge in [-0.1, -0.05) is 25.1 Å². The molecule has 0 saturated carbocycles. The predicted octanol–water partition coefficient (Wildman–Crippen LogP) is 2.45. The summed E-state index contributed by atoms with van der Waals surface area (Å²) in [5.41, 5.74) is 0.632. The fraction of sp³-hybridized carbons (Fsp3) is 0.533. The van der Waals surface area contributed by atoms with Gasteiger partial charge in [0.2, 0.25) is 0 Å². The van der Waals surface area contributed by atoms with Crippen LogP contribution in [0.15, 0.2) is 24.3 Å². The van der Waals surface area contributed by atoms with Crippen LogP contribution in [0, 0.1) is 5.82 Å². The van der Waals surface area contributed by atoms with Gasteiger partial charge in [0, 0.05) is 24.2 Å². The van der Waals surface area contributed by atoms with Crippen LogP contribution < -0.4 is 0 Å². The van der Waals surface area contributed by atoms with E-state index in [1.54, 1.807) is 12.1 Å². The molecular weight excluding hydrogens is 261 g/mol. The van der Waals surface area contributed by atoms with Crippen molar-refractivity contribution >= 4 is 5.97 Å². The van der Waals surface area contributed by atoms with Crippen molar-refractivity contribution < 1.29 is 19.0 Å². The molecule has 0 amide bonds. The molecule has 5 heteroatoms. The Morgan fingerprint density at radius 3 is 2.95 bits per heavy atom. The second kappa shape index (κ2) is 6.81. The van der Waals surface area contributed by atoms with Gasteiger partial charge in [0.15, 0.2) is 0 Å². The van der Waals surface area contributed by atoms with Crippen molar-refractivity contribution in [3.63, 3.8) is 0 Å². The van der Waals surface area contributed by atoms with Gasteiger partial charge in [0.05, 0.1) is 19.6 Å². The van der Waals surface area contributed by atoms with Crippen LogP contribution in [0.5, 0.6) is 0 Å². The largest absolute Gasteiger partial charge is 0.481 e. The molecule has 1 N–H and O–H groups in total. The van der Waals surface area contributed by atoms with Crippen LogP contribution in [0.3, 0.4) is 0 Å². The molecule has 1 heterocycles. The Morgan fingerprint density at radius 1 is 1.55 bits per heavy atom. The van der Waals surface area contributed by atoms with E-state index in [1.807, 2.05) is 13.0 Å². The number of rotatable bonds is 5. The van der Waals surface area contributed by atoms with Crippen molar-refractivity contribution in [2.24, 2.45) is 0 Å². The van der Waals surface area contributed by atoms with Crippen LogP contribution in [0.25, 0.3) is 0 Å². The van der Waals surface area contributed by atoms with E-state index in [-0.39, 0.29) is 24.3 Å². The predicted molar refractivity (Wildman–Crippen MR) is 73.0 cm³/mol. The fourth-order valence-electron chi connectivity index (χ4n) is 2.83. The maximum absolute atomic E-state index is 14.0. The fourth-order valence-corrected chi connectivity index (χ4v) is 2.83. The highest BCUT2D eigenvalue weighted by molar-refractivity contribution is 5.67. The first kappa shape index (κ1) is 14.9.